The SMILES string of the molecule is Nc1cccc(Cl)c1S(=O)(=O)NCCO. The summed E-state index contributed by atoms with van der Waals surface area (Å²) in [5.41, 5.74) is 5.59. The Morgan fingerprint density at radius 1 is 1.47 bits per heavy atom. The van der Waals surface area contributed by atoms with Gasteiger partial charge in [-0.15, -0.1) is 0 Å². The molecule has 0 saturated heterocycles. The van der Waals surface area contributed by atoms with Gasteiger partial charge in [0.25, 0.3) is 0 Å². The smallest absolute Gasteiger partial charge is 0.244 e. The number of sulfonamides is 1. The quantitative estimate of drug-likeness (QED) is 0.666. The first-order valence-corrected chi connectivity index (χ1v) is 5.99. The highest BCUT2D eigenvalue weighted by Crippen LogP contribution is 2.26. The second-order valence-corrected chi connectivity index (χ2v) is 4.89. The predicted octanol–water partition coefficient (Wildman–Crippen LogP) is 0.193. The van der Waals surface area contributed by atoms with E-state index >= 15 is 0 Å². The summed E-state index contributed by atoms with van der Waals surface area (Å²) in [6.45, 7) is -0.365. The van der Waals surface area contributed by atoms with Crippen molar-refractivity contribution in [3.8, 4) is 0 Å². The van der Waals surface area contributed by atoms with Crippen LogP contribution < -0.4 is 10.5 Å². The van der Waals surface area contributed by atoms with Gasteiger partial charge in [0.2, 0.25) is 10.0 Å². The molecule has 0 aliphatic rings. The fourth-order valence-corrected chi connectivity index (χ4v) is 2.76. The van der Waals surface area contributed by atoms with E-state index in [9.17, 15) is 8.42 Å². The van der Waals surface area contributed by atoms with Gasteiger partial charge in [-0.25, -0.2) is 13.1 Å². The lowest BCUT2D eigenvalue weighted by molar-refractivity contribution is 0.301. The van der Waals surface area contributed by atoms with E-state index in [0.29, 0.717) is 0 Å². The van der Waals surface area contributed by atoms with Crippen molar-refractivity contribution >= 4 is 27.3 Å². The number of aliphatic hydroxyl groups is 1. The van der Waals surface area contributed by atoms with Crippen molar-refractivity contribution in [2.45, 2.75) is 4.90 Å². The fraction of sp³-hybridized carbons (Fsp3) is 0.250. The minimum absolute atomic E-state index is 0.0560. The third-order valence-corrected chi connectivity index (χ3v) is 3.67. The van der Waals surface area contributed by atoms with Crippen LogP contribution in [0.25, 0.3) is 0 Å². The van der Waals surface area contributed by atoms with E-state index in [4.69, 9.17) is 22.4 Å². The van der Waals surface area contributed by atoms with Crippen molar-refractivity contribution in [2.75, 3.05) is 18.9 Å². The van der Waals surface area contributed by atoms with E-state index in [1.54, 1.807) is 6.07 Å². The minimum atomic E-state index is -3.75. The Kier molecular flexibility index (Phi) is 3.92. The standard InChI is InChI=1S/C8H11ClN2O3S/c9-6-2-1-3-7(10)8(6)15(13,14)11-4-5-12/h1-3,11-12H,4-5,10H2. The van der Waals surface area contributed by atoms with Crippen molar-refractivity contribution < 1.29 is 13.5 Å². The maximum atomic E-state index is 11.6. The average Bonchev–Trinajstić information content (AvgIpc) is 2.14. The molecular weight excluding hydrogens is 240 g/mol. The molecule has 84 valence electrons. The Balaban J connectivity index is 3.15. The van der Waals surface area contributed by atoms with Crippen molar-refractivity contribution in [1.29, 1.82) is 0 Å². The van der Waals surface area contributed by atoms with E-state index in [1.807, 2.05) is 0 Å². The van der Waals surface area contributed by atoms with Gasteiger partial charge < -0.3 is 10.8 Å². The molecule has 1 aromatic rings. The molecule has 0 atom stereocenters. The molecule has 5 nitrogen and oxygen atoms in total. The van der Waals surface area contributed by atoms with Crippen molar-refractivity contribution in [3.63, 3.8) is 0 Å². The van der Waals surface area contributed by atoms with Crippen molar-refractivity contribution in [3.05, 3.63) is 23.2 Å². The maximum absolute atomic E-state index is 11.6. The summed E-state index contributed by atoms with van der Waals surface area (Å²) < 4.78 is 25.5. The summed E-state index contributed by atoms with van der Waals surface area (Å²) in [7, 11) is -3.75. The highest BCUT2D eigenvalue weighted by Gasteiger charge is 2.19. The lowest BCUT2D eigenvalue weighted by Gasteiger charge is -2.09. The molecule has 0 heterocycles. The van der Waals surface area contributed by atoms with Gasteiger partial charge in [0.05, 0.1) is 17.3 Å². The van der Waals surface area contributed by atoms with Gasteiger partial charge in [-0.2, -0.15) is 0 Å². The van der Waals surface area contributed by atoms with Crippen molar-refractivity contribution in [2.24, 2.45) is 0 Å². The van der Waals surface area contributed by atoms with Crippen LogP contribution in [0.3, 0.4) is 0 Å². The van der Waals surface area contributed by atoms with E-state index < -0.39 is 10.0 Å². The van der Waals surface area contributed by atoms with Gasteiger partial charge in [-0.05, 0) is 12.1 Å². The first-order chi connectivity index (χ1) is 6.99. The molecular formula is C8H11ClN2O3S. The first kappa shape index (κ1) is 12.3. The molecule has 4 N–H and O–H groups in total. The fourth-order valence-electron chi connectivity index (χ4n) is 1.06. The zero-order valence-electron chi connectivity index (χ0n) is 7.77. The Bertz CT molecular complexity index is 427. The lowest BCUT2D eigenvalue weighted by atomic mass is 10.3. The van der Waals surface area contributed by atoms with Crippen LogP contribution in [0.15, 0.2) is 23.1 Å². The average molecular weight is 251 g/mol. The molecule has 0 aliphatic carbocycles. The number of anilines is 1. The molecule has 0 spiro atoms. The summed E-state index contributed by atoms with van der Waals surface area (Å²) in [4.78, 5) is -0.153. The van der Waals surface area contributed by atoms with Gasteiger partial charge in [0.1, 0.15) is 4.90 Å². The van der Waals surface area contributed by atoms with Crippen LogP contribution in [0.5, 0.6) is 0 Å². The second kappa shape index (κ2) is 4.80. The van der Waals surface area contributed by atoms with Crippen LogP contribution in [0.4, 0.5) is 5.69 Å². The summed E-state index contributed by atoms with van der Waals surface area (Å²) in [6.07, 6.45) is 0. The summed E-state index contributed by atoms with van der Waals surface area (Å²) in [6, 6.07) is 4.44. The predicted molar refractivity (Wildman–Crippen MR) is 58.1 cm³/mol. The molecule has 1 aromatic carbocycles. The Labute approximate surface area is 92.9 Å². The van der Waals surface area contributed by atoms with Crippen LogP contribution in [-0.2, 0) is 10.0 Å². The van der Waals surface area contributed by atoms with Crippen molar-refractivity contribution in [1.82, 2.24) is 4.72 Å². The third-order valence-electron chi connectivity index (χ3n) is 1.67. The zero-order chi connectivity index (χ0) is 11.5. The molecule has 0 amide bonds. The molecule has 0 aliphatic heterocycles. The first-order valence-electron chi connectivity index (χ1n) is 4.13. The molecule has 0 fully saturated rings. The number of nitrogens with one attached hydrogen (secondary N) is 1. The normalized spacial score (nSPS) is 11.6. The highest BCUT2D eigenvalue weighted by atomic mass is 35.5. The van der Waals surface area contributed by atoms with Crippen LogP contribution in [-0.4, -0.2) is 26.7 Å². The van der Waals surface area contributed by atoms with Gasteiger partial charge >= 0.3 is 0 Å². The van der Waals surface area contributed by atoms with E-state index in [1.165, 1.54) is 12.1 Å². The van der Waals surface area contributed by atoms with Gasteiger partial charge in [-0.3, -0.25) is 0 Å². The van der Waals surface area contributed by atoms with Crippen LogP contribution in [0.1, 0.15) is 0 Å². The van der Waals surface area contributed by atoms with E-state index in [2.05, 4.69) is 4.72 Å². The zero-order valence-corrected chi connectivity index (χ0v) is 9.35. The molecule has 0 bridgehead atoms. The number of hydrogen-bond donors (Lipinski definition) is 3. The van der Waals surface area contributed by atoms with E-state index in [-0.39, 0.29) is 28.8 Å². The summed E-state index contributed by atoms with van der Waals surface area (Å²) in [5, 5.41) is 8.58. The monoisotopic (exact) mass is 250 g/mol. The third kappa shape index (κ3) is 2.82. The molecule has 0 aromatic heterocycles. The topological polar surface area (TPSA) is 92.4 Å². The second-order valence-electron chi connectivity index (χ2n) is 2.78. The van der Waals surface area contributed by atoms with Crippen LogP contribution >= 0.6 is 11.6 Å². The molecule has 0 unspecified atom stereocenters. The van der Waals surface area contributed by atoms with E-state index in [0.717, 1.165) is 0 Å². The maximum Gasteiger partial charge on any atom is 0.244 e. The number of nitrogens with two attached hydrogens (primary N) is 1. The molecule has 0 saturated carbocycles. The Morgan fingerprint density at radius 2 is 2.13 bits per heavy atom. The van der Waals surface area contributed by atoms with Gasteiger partial charge in [0, 0.05) is 6.54 Å². The summed E-state index contributed by atoms with van der Waals surface area (Å²) in [5.74, 6) is 0. The largest absolute Gasteiger partial charge is 0.398 e. The Morgan fingerprint density at radius 3 is 2.67 bits per heavy atom. The number of benzene rings is 1. The minimum Gasteiger partial charge on any atom is -0.398 e. The van der Waals surface area contributed by atoms with Gasteiger partial charge in [-0.1, -0.05) is 17.7 Å². The van der Waals surface area contributed by atoms with Crippen LogP contribution in [0.2, 0.25) is 5.02 Å². The summed E-state index contributed by atoms with van der Waals surface area (Å²) >= 11 is 5.73. The Hall–Kier alpha value is -0.820. The number of halogens is 1. The molecule has 7 heteroatoms. The van der Waals surface area contributed by atoms with Gasteiger partial charge in [0.15, 0.2) is 0 Å². The number of rotatable bonds is 4. The molecule has 0 radical (unpaired) electrons. The number of hydrogen-bond acceptors (Lipinski definition) is 4. The highest BCUT2D eigenvalue weighted by molar-refractivity contribution is 7.89. The lowest BCUT2D eigenvalue weighted by Crippen LogP contribution is -2.27. The molecule has 1 rings (SSSR count). The molecule has 15 heavy (non-hydrogen) atoms. The number of aliphatic hydroxyl groups excluding tert-OH is 1. The van der Waals surface area contributed by atoms with Crippen LogP contribution in [0, 0.1) is 0 Å². The number of nitrogen functional groups attached to an aromatic ring is 1.